The minimum Gasteiger partial charge on any atom is -0.376 e. The normalized spacial score (nSPS) is 11.2. The van der Waals surface area contributed by atoms with Gasteiger partial charge in [-0.2, -0.15) is 0 Å². The quantitative estimate of drug-likeness (QED) is 0.743. The van der Waals surface area contributed by atoms with Crippen molar-refractivity contribution in [3.05, 3.63) is 28.8 Å². The molecule has 0 amide bonds. The summed E-state index contributed by atoms with van der Waals surface area (Å²) >= 11 is 10.8. The first kappa shape index (κ1) is 12.3. The van der Waals surface area contributed by atoms with E-state index in [1.165, 1.54) is 5.56 Å². The Morgan fingerprint density at radius 1 is 1.40 bits per heavy atom. The van der Waals surface area contributed by atoms with Crippen molar-refractivity contribution in [3.8, 4) is 0 Å². The second kappa shape index (κ2) is 4.37. The Hall–Kier alpha value is -0.800. The Kier molecular flexibility index (Phi) is 3.58. The summed E-state index contributed by atoms with van der Waals surface area (Å²) in [7, 11) is 0. The standard InChI is InChI=1S/C11H15ClN2S/c1-11(2,3)7-4-5-8(12)9(6-7)14-10(13)15/h4-6H,1-3H3,(H3,13,14,15). The van der Waals surface area contributed by atoms with Gasteiger partial charge in [0.05, 0.1) is 10.7 Å². The van der Waals surface area contributed by atoms with Crippen molar-refractivity contribution in [3.63, 3.8) is 0 Å². The average molecular weight is 243 g/mol. The number of benzene rings is 1. The molecule has 3 N–H and O–H groups in total. The molecule has 1 rings (SSSR count). The van der Waals surface area contributed by atoms with Crippen LogP contribution in [0.25, 0.3) is 0 Å². The SMILES string of the molecule is CC(C)(C)c1ccc(Cl)c(NC(N)=S)c1. The van der Waals surface area contributed by atoms with E-state index in [2.05, 4.69) is 26.1 Å². The number of nitrogens with one attached hydrogen (secondary N) is 1. The largest absolute Gasteiger partial charge is 0.376 e. The maximum absolute atomic E-state index is 6.01. The van der Waals surface area contributed by atoms with Crippen LogP contribution in [0.15, 0.2) is 18.2 Å². The zero-order valence-electron chi connectivity index (χ0n) is 9.10. The van der Waals surface area contributed by atoms with Gasteiger partial charge in [-0.05, 0) is 35.3 Å². The van der Waals surface area contributed by atoms with Gasteiger partial charge in [0.15, 0.2) is 5.11 Å². The first-order valence-electron chi connectivity index (χ1n) is 4.67. The molecular weight excluding hydrogens is 228 g/mol. The lowest BCUT2D eigenvalue weighted by atomic mass is 9.87. The molecule has 0 aliphatic heterocycles. The molecule has 1 aromatic rings. The van der Waals surface area contributed by atoms with E-state index >= 15 is 0 Å². The number of hydrogen-bond donors (Lipinski definition) is 2. The van der Waals surface area contributed by atoms with Gasteiger partial charge in [0.2, 0.25) is 0 Å². The molecule has 0 aliphatic rings. The van der Waals surface area contributed by atoms with Crippen LogP contribution in [0.1, 0.15) is 26.3 Å². The second-order valence-corrected chi connectivity index (χ2v) is 5.28. The van der Waals surface area contributed by atoms with Gasteiger partial charge >= 0.3 is 0 Å². The van der Waals surface area contributed by atoms with E-state index in [1.54, 1.807) is 0 Å². The van der Waals surface area contributed by atoms with Crippen molar-refractivity contribution < 1.29 is 0 Å². The number of rotatable bonds is 1. The molecule has 0 heterocycles. The summed E-state index contributed by atoms with van der Waals surface area (Å²) in [6.45, 7) is 6.42. The summed E-state index contributed by atoms with van der Waals surface area (Å²) in [6, 6.07) is 5.83. The highest BCUT2D eigenvalue weighted by atomic mass is 35.5. The van der Waals surface area contributed by atoms with Gasteiger partial charge in [0, 0.05) is 0 Å². The summed E-state index contributed by atoms with van der Waals surface area (Å²) in [5.41, 5.74) is 7.44. The van der Waals surface area contributed by atoms with Gasteiger partial charge in [-0.15, -0.1) is 0 Å². The Balaban J connectivity index is 3.11. The molecule has 0 aliphatic carbocycles. The fourth-order valence-electron chi connectivity index (χ4n) is 1.22. The van der Waals surface area contributed by atoms with E-state index in [0.717, 1.165) is 5.69 Å². The molecule has 0 atom stereocenters. The molecule has 82 valence electrons. The minimum atomic E-state index is 0.0806. The van der Waals surface area contributed by atoms with Crippen LogP contribution >= 0.6 is 23.8 Å². The smallest absolute Gasteiger partial charge is 0.168 e. The van der Waals surface area contributed by atoms with Crippen molar-refractivity contribution in [2.24, 2.45) is 5.73 Å². The van der Waals surface area contributed by atoms with E-state index in [1.807, 2.05) is 18.2 Å². The van der Waals surface area contributed by atoms with E-state index in [4.69, 9.17) is 29.6 Å². The number of thiocarbonyl (C=S) groups is 1. The van der Waals surface area contributed by atoms with Gasteiger partial charge in [-0.3, -0.25) is 0 Å². The van der Waals surface area contributed by atoms with Crippen LogP contribution in [0.2, 0.25) is 5.02 Å². The van der Waals surface area contributed by atoms with E-state index in [9.17, 15) is 0 Å². The molecule has 0 radical (unpaired) electrons. The molecule has 15 heavy (non-hydrogen) atoms. The van der Waals surface area contributed by atoms with Crippen molar-refractivity contribution >= 4 is 34.6 Å². The number of hydrogen-bond acceptors (Lipinski definition) is 1. The van der Waals surface area contributed by atoms with Crippen LogP contribution in [-0.2, 0) is 5.41 Å². The highest BCUT2D eigenvalue weighted by molar-refractivity contribution is 7.80. The van der Waals surface area contributed by atoms with Gasteiger partial charge in [-0.1, -0.05) is 38.4 Å². The zero-order valence-corrected chi connectivity index (χ0v) is 10.7. The predicted octanol–water partition coefficient (Wildman–Crippen LogP) is 3.29. The number of halogens is 1. The third kappa shape index (κ3) is 3.36. The van der Waals surface area contributed by atoms with Crippen LogP contribution in [-0.4, -0.2) is 5.11 Å². The highest BCUT2D eigenvalue weighted by Crippen LogP contribution is 2.29. The molecule has 0 saturated heterocycles. The fraction of sp³-hybridized carbons (Fsp3) is 0.364. The first-order chi connectivity index (χ1) is 6.80. The van der Waals surface area contributed by atoms with Crippen molar-refractivity contribution in [1.29, 1.82) is 0 Å². The monoisotopic (exact) mass is 242 g/mol. The lowest BCUT2D eigenvalue weighted by Crippen LogP contribution is -2.20. The van der Waals surface area contributed by atoms with Crippen LogP contribution in [0.3, 0.4) is 0 Å². The van der Waals surface area contributed by atoms with Gasteiger partial charge in [0.1, 0.15) is 0 Å². The third-order valence-electron chi connectivity index (χ3n) is 2.09. The Labute approximate surface area is 101 Å². The molecular formula is C11H15ClN2S. The highest BCUT2D eigenvalue weighted by Gasteiger charge is 2.15. The molecule has 0 unspecified atom stereocenters. The lowest BCUT2D eigenvalue weighted by Gasteiger charge is -2.20. The summed E-state index contributed by atoms with van der Waals surface area (Å²) < 4.78 is 0. The van der Waals surface area contributed by atoms with Crippen LogP contribution in [0.5, 0.6) is 0 Å². The third-order valence-corrected chi connectivity index (χ3v) is 2.52. The molecule has 0 spiro atoms. The Bertz CT molecular complexity index is 383. The molecule has 0 fully saturated rings. The summed E-state index contributed by atoms with van der Waals surface area (Å²) in [5.74, 6) is 0. The second-order valence-electron chi connectivity index (χ2n) is 4.43. The van der Waals surface area contributed by atoms with E-state index in [0.29, 0.717) is 5.02 Å². The predicted molar refractivity (Wildman–Crippen MR) is 70.6 cm³/mol. The molecule has 0 saturated carbocycles. The van der Waals surface area contributed by atoms with E-state index in [-0.39, 0.29) is 10.5 Å². The molecule has 2 nitrogen and oxygen atoms in total. The minimum absolute atomic E-state index is 0.0806. The summed E-state index contributed by atoms with van der Waals surface area (Å²) in [5, 5.41) is 3.71. The number of anilines is 1. The first-order valence-corrected chi connectivity index (χ1v) is 5.46. The molecule has 1 aromatic carbocycles. The fourth-order valence-corrected chi connectivity index (χ4v) is 1.50. The van der Waals surface area contributed by atoms with Gasteiger partial charge in [0.25, 0.3) is 0 Å². The zero-order chi connectivity index (χ0) is 11.6. The molecule has 0 bridgehead atoms. The maximum Gasteiger partial charge on any atom is 0.168 e. The van der Waals surface area contributed by atoms with Crippen molar-refractivity contribution in [2.45, 2.75) is 26.2 Å². The Morgan fingerprint density at radius 2 is 2.00 bits per heavy atom. The maximum atomic E-state index is 6.01. The summed E-state index contributed by atoms with van der Waals surface area (Å²) in [6.07, 6.45) is 0. The lowest BCUT2D eigenvalue weighted by molar-refractivity contribution is 0.590. The summed E-state index contributed by atoms with van der Waals surface area (Å²) in [4.78, 5) is 0. The molecule has 0 aromatic heterocycles. The number of nitrogens with two attached hydrogens (primary N) is 1. The van der Waals surface area contributed by atoms with Crippen LogP contribution in [0.4, 0.5) is 5.69 Å². The van der Waals surface area contributed by atoms with Crippen molar-refractivity contribution in [2.75, 3.05) is 5.32 Å². The Morgan fingerprint density at radius 3 is 2.47 bits per heavy atom. The van der Waals surface area contributed by atoms with Crippen molar-refractivity contribution in [1.82, 2.24) is 0 Å². The van der Waals surface area contributed by atoms with E-state index < -0.39 is 0 Å². The van der Waals surface area contributed by atoms with Gasteiger partial charge in [-0.25, -0.2) is 0 Å². The average Bonchev–Trinajstić information content (AvgIpc) is 2.06. The topological polar surface area (TPSA) is 38.0 Å². The van der Waals surface area contributed by atoms with Crippen LogP contribution in [0, 0.1) is 0 Å². The van der Waals surface area contributed by atoms with Gasteiger partial charge < -0.3 is 11.1 Å². The molecule has 4 heteroatoms. The van der Waals surface area contributed by atoms with Crippen LogP contribution < -0.4 is 11.1 Å².